The van der Waals surface area contributed by atoms with Crippen molar-refractivity contribution in [1.82, 2.24) is 4.31 Å². The average molecular weight is 420 g/mol. The minimum absolute atomic E-state index is 0.253. The molecule has 1 saturated heterocycles. The van der Waals surface area contributed by atoms with Crippen molar-refractivity contribution in [3.63, 3.8) is 0 Å². The standard InChI is InChI=1S/C24H25NO2SSi/c1-18-12-14-20(15-13-18)28(26,27)25-23(16-17-29(2,3)4)24(25)22-11-7-9-19-8-5-6-10-21(19)22/h5-15,23-24H,1-4H3/t23-,24+,25?/m0/s1. The first-order chi connectivity index (χ1) is 13.7. The molecule has 0 aromatic heterocycles. The molecule has 3 atom stereocenters. The number of sulfonamides is 1. The summed E-state index contributed by atoms with van der Waals surface area (Å²) < 4.78 is 28.4. The fraction of sp³-hybridized carbons (Fsp3) is 0.250. The van der Waals surface area contributed by atoms with Crippen LogP contribution in [0.1, 0.15) is 17.2 Å². The van der Waals surface area contributed by atoms with Crippen LogP contribution in [-0.4, -0.2) is 26.8 Å². The summed E-state index contributed by atoms with van der Waals surface area (Å²) in [6.45, 7) is 8.48. The van der Waals surface area contributed by atoms with E-state index in [0.29, 0.717) is 4.90 Å². The molecule has 3 aromatic rings. The molecule has 1 aliphatic heterocycles. The SMILES string of the molecule is Cc1ccc(S(=O)(=O)N2[C@H](c3cccc4ccccc34)[C@@H]2C#C[Si](C)(C)C)cc1. The highest BCUT2D eigenvalue weighted by Gasteiger charge is 2.56. The number of nitrogens with zero attached hydrogens (tertiary/aromatic N) is 1. The van der Waals surface area contributed by atoms with Gasteiger partial charge in [0.2, 0.25) is 10.0 Å². The Hall–Kier alpha value is -2.39. The number of benzene rings is 3. The molecule has 1 unspecified atom stereocenters. The zero-order chi connectivity index (χ0) is 20.8. The smallest absolute Gasteiger partial charge is 0.207 e. The predicted octanol–water partition coefficient (Wildman–Crippen LogP) is 5.14. The van der Waals surface area contributed by atoms with Crippen LogP contribution >= 0.6 is 0 Å². The van der Waals surface area contributed by atoms with Crippen LogP contribution in [0.5, 0.6) is 0 Å². The Kier molecular flexibility index (Phi) is 4.90. The lowest BCUT2D eigenvalue weighted by Gasteiger charge is -2.08. The van der Waals surface area contributed by atoms with Crippen LogP contribution in [0.3, 0.4) is 0 Å². The van der Waals surface area contributed by atoms with Crippen LogP contribution in [0.4, 0.5) is 0 Å². The van der Waals surface area contributed by atoms with Gasteiger partial charge in [-0.2, -0.15) is 4.31 Å². The molecule has 0 saturated carbocycles. The summed E-state index contributed by atoms with van der Waals surface area (Å²) in [5.41, 5.74) is 5.44. The predicted molar refractivity (Wildman–Crippen MR) is 122 cm³/mol. The third-order valence-electron chi connectivity index (χ3n) is 5.09. The van der Waals surface area contributed by atoms with E-state index < -0.39 is 18.1 Å². The molecule has 0 radical (unpaired) electrons. The fourth-order valence-electron chi connectivity index (χ4n) is 3.59. The summed E-state index contributed by atoms with van der Waals surface area (Å²) in [6.07, 6.45) is 0. The van der Waals surface area contributed by atoms with Crippen molar-refractivity contribution in [3.05, 3.63) is 77.9 Å². The van der Waals surface area contributed by atoms with E-state index in [1.165, 1.54) is 0 Å². The monoisotopic (exact) mass is 419 g/mol. The van der Waals surface area contributed by atoms with Gasteiger partial charge in [-0.1, -0.05) is 85.7 Å². The van der Waals surface area contributed by atoms with Crippen LogP contribution in [0.25, 0.3) is 10.8 Å². The molecule has 148 valence electrons. The molecule has 1 aliphatic rings. The summed E-state index contributed by atoms with van der Waals surface area (Å²) in [5, 5.41) is 2.20. The first-order valence-corrected chi connectivity index (χ1v) is 14.7. The number of hydrogen-bond donors (Lipinski definition) is 0. The van der Waals surface area contributed by atoms with E-state index in [4.69, 9.17) is 0 Å². The number of rotatable bonds is 3. The Morgan fingerprint density at radius 2 is 1.55 bits per heavy atom. The fourth-order valence-corrected chi connectivity index (χ4v) is 5.84. The third-order valence-corrected chi connectivity index (χ3v) is 7.86. The highest BCUT2D eigenvalue weighted by atomic mass is 32.2. The first-order valence-electron chi connectivity index (χ1n) is 9.79. The third kappa shape index (κ3) is 3.88. The van der Waals surface area contributed by atoms with Gasteiger partial charge >= 0.3 is 0 Å². The molecule has 0 amide bonds. The maximum Gasteiger partial charge on any atom is 0.244 e. The van der Waals surface area contributed by atoms with Crippen molar-refractivity contribution in [2.75, 3.05) is 0 Å². The molecule has 3 nitrogen and oxygen atoms in total. The van der Waals surface area contributed by atoms with Gasteiger partial charge < -0.3 is 0 Å². The molecule has 5 heteroatoms. The maximum absolute atomic E-state index is 13.4. The zero-order valence-electron chi connectivity index (χ0n) is 17.2. The van der Waals surface area contributed by atoms with Gasteiger partial charge in [0.1, 0.15) is 14.1 Å². The average Bonchev–Trinajstić information content (AvgIpc) is 3.41. The quantitative estimate of drug-likeness (QED) is 0.335. The normalized spacial score (nSPS) is 21.4. The summed E-state index contributed by atoms with van der Waals surface area (Å²) in [6, 6.07) is 20.7. The van der Waals surface area contributed by atoms with Crippen molar-refractivity contribution in [2.45, 2.75) is 43.5 Å². The molecular weight excluding hydrogens is 394 g/mol. The highest BCUT2D eigenvalue weighted by molar-refractivity contribution is 7.89. The Morgan fingerprint density at radius 3 is 2.24 bits per heavy atom. The van der Waals surface area contributed by atoms with Crippen LogP contribution in [0, 0.1) is 18.4 Å². The van der Waals surface area contributed by atoms with Gasteiger partial charge in [-0.3, -0.25) is 0 Å². The minimum atomic E-state index is -3.62. The van der Waals surface area contributed by atoms with Gasteiger partial charge in [0.05, 0.1) is 10.9 Å². The van der Waals surface area contributed by atoms with Crippen LogP contribution in [0.2, 0.25) is 19.6 Å². The second-order valence-corrected chi connectivity index (χ2v) is 15.2. The summed E-state index contributed by atoms with van der Waals surface area (Å²) in [5.74, 6) is 3.31. The van der Waals surface area contributed by atoms with E-state index in [1.54, 1.807) is 16.4 Å². The van der Waals surface area contributed by atoms with Crippen molar-refractivity contribution in [3.8, 4) is 11.5 Å². The van der Waals surface area contributed by atoms with Gasteiger partial charge in [0.15, 0.2) is 0 Å². The van der Waals surface area contributed by atoms with Crippen molar-refractivity contribution in [1.29, 1.82) is 0 Å². The first kappa shape index (κ1) is 19.9. The van der Waals surface area contributed by atoms with Crippen LogP contribution in [-0.2, 0) is 10.0 Å². The van der Waals surface area contributed by atoms with Gasteiger partial charge in [-0.15, -0.1) is 5.54 Å². The minimum Gasteiger partial charge on any atom is -0.207 e. The van der Waals surface area contributed by atoms with E-state index >= 15 is 0 Å². The molecule has 4 rings (SSSR count). The summed E-state index contributed by atoms with van der Waals surface area (Å²) in [7, 11) is -5.24. The Morgan fingerprint density at radius 1 is 0.897 bits per heavy atom. The van der Waals surface area contributed by atoms with E-state index in [0.717, 1.165) is 21.9 Å². The molecular formula is C24H25NO2SSi. The molecule has 0 bridgehead atoms. The molecule has 0 N–H and O–H groups in total. The molecule has 1 fully saturated rings. The number of hydrogen-bond acceptors (Lipinski definition) is 2. The topological polar surface area (TPSA) is 37.1 Å². The Bertz CT molecular complexity index is 1230. The summed E-state index contributed by atoms with van der Waals surface area (Å²) in [4.78, 5) is 0.325. The molecule has 1 heterocycles. The van der Waals surface area contributed by atoms with Crippen LogP contribution < -0.4 is 0 Å². The van der Waals surface area contributed by atoms with E-state index in [-0.39, 0.29) is 12.1 Å². The van der Waals surface area contributed by atoms with E-state index in [2.05, 4.69) is 49.3 Å². The van der Waals surface area contributed by atoms with Crippen molar-refractivity contribution >= 4 is 28.9 Å². The van der Waals surface area contributed by atoms with Crippen molar-refractivity contribution in [2.24, 2.45) is 0 Å². The van der Waals surface area contributed by atoms with E-state index in [1.807, 2.05) is 43.3 Å². The van der Waals surface area contributed by atoms with Gasteiger partial charge in [0, 0.05) is 0 Å². The second-order valence-electron chi connectivity index (χ2n) is 8.63. The number of aryl methyl sites for hydroxylation is 1. The molecule has 0 spiro atoms. The molecule has 0 aliphatic carbocycles. The second kappa shape index (κ2) is 7.14. The van der Waals surface area contributed by atoms with Crippen molar-refractivity contribution < 1.29 is 8.42 Å². The lowest BCUT2D eigenvalue weighted by atomic mass is 10.0. The molecule has 3 aromatic carbocycles. The number of fused-ring (bicyclic) bond motifs is 1. The van der Waals surface area contributed by atoms with Crippen LogP contribution in [0.15, 0.2) is 71.6 Å². The zero-order valence-corrected chi connectivity index (χ0v) is 19.0. The Balaban J connectivity index is 1.82. The highest BCUT2D eigenvalue weighted by Crippen LogP contribution is 2.49. The van der Waals surface area contributed by atoms with Gasteiger partial charge in [0.25, 0.3) is 0 Å². The van der Waals surface area contributed by atoms with Gasteiger partial charge in [-0.05, 0) is 35.4 Å². The van der Waals surface area contributed by atoms with Gasteiger partial charge in [-0.25, -0.2) is 8.42 Å². The largest absolute Gasteiger partial charge is 0.244 e. The Labute approximate surface area is 174 Å². The lowest BCUT2D eigenvalue weighted by Crippen LogP contribution is -2.18. The maximum atomic E-state index is 13.4. The lowest BCUT2D eigenvalue weighted by molar-refractivity contribution is 0.551. The van der Waals surface area contributed by atoms with E-state index in [9.17, 15) is 8.42 Å². The molecule has 29 heavy (non-hydrogen) atoms. The summed E-state index contributed by atoms with van der Waals surface area (Å²) >= 11 is 0.